The Morgan fingerprint density at radius 3 is 2.61 bits per heavy atom. The third-order valence-electron chi connectivity index (χ3n) is 3.10. The molecule has 96 valence electrons. The molecule has 2 atom stereocenters. The number of carbonyl (C=O) groups is 1. The highest BCUT2D eigenvalue weighted by Crippen LogP contribution is 2.32. The molecule has 4 heteroatoms. The zero-order valence-electron chi connectivity index (χ0n) is 10.2. The number of hydrogen-bond donors (Lipinski definition) is 2. The molecule has 18 heavy (non-hydrogen) atoms. The quantitative estimate of drug-likeness (QED) is 0.881. The molecule has 1 aromatic rings. The van der Waals surface area contributed by atoms with Crippen molar-refractivity contribution in [1.82, 2.24) is 0 Å². The fraction of sp³-hybridized carbons (Fsp3) is 0.357. The highest BCUT2D eigenvalue weighted by Gasteiger charge is 2.18. The lowest BCUT2D eigenvalue weighted by atomic mass is 10.00. The van der Waals surface area contributed by atoms with Gasteiger partial charge in [0.05, 0.1) is 12.0 Å². The van der Waals surface area contributed by atoms with Crippen LogP contribution in [0.4, 0.5) is 0 Å². The molecule has 0 spiro atoms. The number of carboxylic acid groups (broad SMARTS) is 1. The molecular weight excluding hydrogens is 248 g/mol. The van der Waals surface area contributed by atoms with Gasteiger partial charge in [0.15, 0.2) is 0 Å². The van der Waals surface area contributed by atoms with Gasteiger partial charge in [0, 0.05) is 10.7 Å². The predicted octanol–water partition coefficient (Wildman–Crippen LogP) is 2.71. The first-order chi connectivity index (χ1) is 8.58. The van der Waals surface area contributed by atoms with Crippen molar-refractivity contribution in [2.24, 2.45) is 0 Å². The second kappa shape index (κ2) is 5.59. The number of benzene rings is 1. The molecule has 1 fully saturated rings. The van der Waals surface area contributed by atoms with E-state index in [0.29, 0.717) is 0 Å². The Balaban J connectivity index is 2.15. The lowest BCUT2D eigenvalue weighted by Gasteiger charge is -2.07. The van der Waals surface area contributed by atoms with Crippen molar-refractivity contribution < 1.29 is 15.0 Å². The van der Waals surface area contributed by atoms with Gasteiger partial charge in [-0.1, -0.05) is 24.3 Å². The summed E-state index contributed by atoms with van der Waals surface area (Å²) in [4.78, 5) is 11.9. The van der Waals surface area contributed by atoms with Gasteiger partial charge in [-0.15, -0.1) is 11.8 Å². The lowest BCUT2D eigenvalue weighted by molar-refractivity contribution is -0.138. The van der Waals surface area contributed by atoms with Gasteiger partial charge in [-0.05, 0) is 30.5 Å². The summed E-state index contributed by atoms with van der Waals surface area (Å²) in [6, 6.07) is 7.45. The molecule has 0 bridgehead atoms. The standard InChI is InChI=1S/C14H16O3S/c1-9(14(16)17)11-4-2-10(3-5-11)8-13-12(15)6-7-18-13/h2-5,8-9,12,15H,6-7H2,1H3,(H,16,17)/t9-,12-/m0/s1. The molecule has 1 saturated heterocycles. The van der Waals surface area contributed by atoms with E-state index in [1.165, 1.54) is 0 Å². The Morgan fingerprint density at radius 1 is 1.44 bits per heavy atom. The maximum Gasteiger partial charge on any atom is 0.310 e. The van der Waals surface area contributed by atoms with Crippen LogP contribution in [0, 0.1) is 0 Å². The van der Waals surface area contributed by atoms with Gasteiger partial charge < -0.3 is 10.2 Å². The van der Waals surface area contributed by atoms with E-state index in [1.54, 1.807) is 18.7 Å². The Morgan fingerprint density at radius 2 is 2.11 bits per heavy atom. The Labute approximate surface area is 111 Å². The molecule has 1 aliphatic rings. The number of carboxylic acids is 1. The summed E-state index contributed by atoms with van der Waals surface area (Å²) in [5.74, 6) is -0.345. The Bertz CT molecular complexity index is 464. The van der Waals surface area contributed by atoms with Crippen LogP contribution in [0.25, 0.3) is 6.08 Å². The summed E-state index contributed by atoms with van der Waals surface area (Å²) in [5.41, 5.74) is 1.80. The van der Waals surface area contributed by atoms with Crippen LogP contribution in [0.5, 0.6) is 0 Å². The third kappa shape index (κ3) is 2.94. The zero-order valence-corrected chi connectivity index (χ0v) is 11.0. The second-order valence-corrected chi connectivity index (χ2v) is 5.59. The van der Waals surface area contributed by atoms with E-state index in [2.05, 4.69) is 0 Å². The molecule has 0 aliphatic carbocycles. The average Bonchev–Trinajstić information content (AvgIpc) is 2.75. The van der Waals surface area contributed by atoms with Crippen molar-refractivity contribution in [2.75, 3.05) is 5.75 Å². The fourth-order valence-corrected chi connectivity index (χ4v) is 2.96. The van der Waals surface area contributed by atoms with Crippen molar-refractivity contribution in [1.29, 1.82) is 0 Å². The van der Waals surface area contributed by atoms with Gasteiger partial charge in [0.25, 0.3) is 0 Å². The SMILES string of the molecule is C[C@H](C(=O)O)c1ccc(C=C2SCC[C@@H]2O)cc1. The normalized spacial score (nSPS) is 23.2. The molecule has 0 unspecified atom stereocenters. The predicted molar refractivity (Wildman–Crippen MR) is 73.6 cm³/mol. The summed E-state index contributed by atoms with van der Waals surface area (Å²) in [6.07, 6.45) is 2.44. The second-order valence-electron chi connectivity index (χ2n) is 4.43. The van der Waals surface area contributed by atoms with Crippen molar-refractivity contribution in [2.45, 2.75) is 25.4 Å². The van der Waals surface area contributed by atoms with Crippen molar-refractivity contribution in [3.63, 3.8) is 0 Å². The Hall–Kier alpha value is -1.26. The number of thioether (sulfide) groups is 1. The smallest absolute Gasteiger partial charge is 0.310 e. The largest absolute Gasteiger partial charge is 0.481 e. The number of rotatable bonds is 3. The first kappa shape index (κ1) is 13.2. The molecule has 2 N–H and O–H groups in total. The molecule has 3 nitrogen and oxygen atoms in total. The minimum atomic E-state index is -0.817. The van der Waals surface area contributed by atoms with Crippen LogP contribution in [0.2, 0.25) is 0 Å². The van der Waals surface area contributed by atoms with Crippen molar-refractivity contribution in [3.8, 4) is 0 Å². The summed E-state index contributed by atoms with van der Waals surface area (Å²) in [6.45, 7) is 1.67. The summed E-state index contributed by atoms with van der Waals surface area (Å²) >= 11 is 1.68. The van der Waals surface area contributed by atoms with E-state index in [4.69, 9.17) is 5.11 Å². The average molecular weight is 264 g/mol. The number of aliphatic hydroxyl groups excluding tert-OH is 1. The lowest BCUT2D eigenvalue weighted by Crippen LogP contribution is -2.07. The van der Waals surface area contributed by atoms with Gasteiger partial charge in [-0.25, -0.2) is 0 Å². The molecule has 0 saturated carbocycles. The topological polar surface area (TPSA) is 57.5 Å². The monoisotopic (exact) mass is 264 g/mol. The van der Waals surface area contributed by atoms with Gasteiger partial charge >= 0.3 is 5.97 Å². The summed E-state index contributed by atoms with van der Waals surface area (Å²) in [5, 5.41) is 18.6. The fourth-order valence-electron chi connectivity index (χ4n) is 1.85. The molecule has 1 aliphatic heterocycles. The molecule has 0 aromatic heterocycles. The van der Waals surface area contributed by atoms with E-state index in [9.17, 15) is 9.90 Å². The van der Waals surface area contributed by atoms with E-state index in [1.807, 2.05) is 30.3 Å². The van der Waals surface area contributed by atoms with Crippen LogP contribution in [-0.4, -0.2) is 28.0 Å². The number of aliphatic hydroxyl groups is 1. The van der Waals surface area contributed by atoms with Crippen LogP contribution >= 0.6 is 11.8 Å². The first-order valence-corrected chi connectivity index (χ1v) is 6.91. The molecule has 2 rings (SSSR count). The van der Waals surface area contributed by atoms with E-state index in [-0.39, 0.29) is 6.10 Å². The zero-order chi connectivity index (χ0) is 13.1. The van der Waals surface area contributed by atoms with Crippen LogP contribution in [0.1, 0.15) is 30.4 Å². The summed E-state index contributed by atoms with van der Waals surface area (Å²) in [7, 11) is 0. The molecular formula is C14H16O3S. The maximum atomic E-state index is 10.9. The van der Waals surface area contributed by atoms with E-state index >= 15 is 0 Å². The van der Waals surface area contributed by atoms with Gasteiger partial charge in [0.1, 0.15) is 0 Å². The van der Waals surface area contributed by atoms with Gasteiger partial charge in [-0.2, -0.15) is 0 Å². The first-order valence-electron chi connectivity index (χ1n) is 5.93. The highest BCUT2D eigenvalue weighted by atomic mass is 32.2. The molecule has 0 radical (unpaired) electrons. The van der Waals surface area contributed by atoms with Crippen molar-refractivity contribution >= 4 is 23.8 Å². The number of hydrogen-bond acceptors (Lipinski definition) is 3. The highest BCUT2D eigenvalue weighted by molar-refractivity contribution is 8.03. The minimum Gasteiger partial charge on any atom is -0.481 e. The third-order valence-corrected chi connectivity index (χ3v) is 4.27. The number of aliphatic carboxylic acids is 1. The molecule has 1 aromatic carbocycles. The van der Waals surface area contributed by atoms with Gasteiger partial charge in [0.2, 0.25) is 0 Å². The van der Waals surface area contributed by atoms with Crippen LogP contribution in [0.3, 0.4) is 0 Å². The summed E-state index contributed by atoms with van der Waals surface area (Å²) < 4.78 is 0. The van der Waals surface area contributed by atoms with Crippen molar-refractivity contribution in [3.05, 3.63) is 40.3 Å². The molecule has 1 heterocycles. The van der Waals surface area contributed by atoms with Crippen LogP contribution < -0.4 is 0 Å². The van der Waals surface area contributed by atoms with Crippen LogP contribution in [-0.2, 0) is 4.79 Å². The Kier molecular flexibility index (Phi) is 4.09. The minimum absolute atomic E-state index is 0.340. The van der Waals surface area contributed by atoms with E-state index in [0.717, 1.165) is 28.2 Å². The maximum absolute atomic E-state index is 10.9. The van der Waals surface area contributed by atoms with E-state index < -0.39 is 11.9 Å². The molecule has 0 amide bonds. The van der Waals surface area contributed by atoms with Gasteiger partial charge in [-0.3, -0.25) is 4.79 Å². The van der Waals surface area contributed by atoms with Crippen LogP contribution in [0.15, 0.2) is 29.2 Å².